The molecule has 0 radical (unpaired) electrons. The third-order valence-corrected chi connectivity index (χ3v) is 3.08. The first kappa shape index (κ1) is 7.15. The summed E-state index contributed by atoms with van der Waals surface area (Å²) in [7, 11) is 0. The maximum absolute atomic E-state index is 2.34. The molecule has 0 aromatic heterocycles. The Balaban J connectivity index is 2.09. The van der Waals surface area contributed by atoms with Gasteiger partial charge in [-0.15, -0.1) is 0 Å². The van der Waals surface area contributed by atoms with Crippen LogP contribution in [0, 0.1) is 5.92 Å². The van der Waals surface area contributed by atoms with Gasteiger partial charge in [-0.1, -0.05) is 31.1 Å². The van der Waals surface area contributed by atoms with Crippen molar-refractivity contribution in [3.05, 3.63) is 23.3 Å². The van der Waals surface area contributed by atoms with Crippen molar-refractivity contribution in [1.82, 2.24) is 0 Å². The van der Waals surface area contributed by atoms with E-state index >= 15 is 0 Å². The van der Waals surface area contributed by atoms with Crippen molar-refractivity contribution in [2.75, 3.05) is 0 Å². The lowest BCUT2D eigenvalue weighted by molar-refractivity contribution is 0.446. The van der Waals surface area contributed by atoms with E-state index in [9.17, 15) is 0 Å². The van der Waals surface area contributed by atoms with Gasteiger partial charge < -0.3 is 0 Å². The summed E-state index contributed by atoms with van der Waals surface area (Å²) in [5, 5.41) is 0. The van der Waals surface area contributed by atoms with Crippen LogP contribution in [0.2, 0.25) is 0 Å². The summed E-state index contributed by atoms with van der Waals surface area (Å²) in [6.07, 6.45) is 11.5. The molecule has 2 aliphatic rings. The van der Waals surface area contributed by atoms with Crippen molar-refractivity contribution >= 4 is 0 Å². The zero-order valence-electron chi connectivity index (χ0n) is 7.27. The van der Waals surface area contributed by atoms with Gasteiger partial charge in [0.2, 0.25) is 0 Å². The van der Waals surface area contributed by atoms with Gasteiger partial charge >= 0.3 is 0 Å². The van der Waals surface area contributed by atoms with Crippen LogP contribution in [0.1, 0.15) is 39.0 Å². The van der Waals surface area contributed by atoms with Crippen LogP contribution >= 0.6 is 0 Å². The molecule has 0 saturated carbocycles. The Morgan fingerprint density at radius 2 is 2.45 bits per heavy atom. The van der Waals surface area contributed by atoms with Crippen LogP contribution in [-0.2, 0) is 0 Å². The summed E-state index contributed by atoms with van der Waals surface area (Å²) in [6, 6.07) is 0. The van der Waals surface area contributed by atoms with Crippen LogP contribution in [0.25, 0.3) is 0 Å². The molecule has 60 valence electrons. The molecular formula is C11H16. The molecule has 0 aliphatic heterocycles. The minimum Gasteiger partial charge on any atom is -0.0802 e. The molecule has 1 atom stereocenters. The fourth-order valence-corrected chi connectivity index (χ4v) is 2.21. The molecular weight excluding hydrogens is 132 g/mol. The standard InChI is InChI=1S/C11H16/c1-2-9-6-7-10-4-3-5-11(10)8-9/h3,5,9H,2,4,6-8H2,1H3. The van der Waals surface area contributed by atoms with Gasteiger partial charge in [-0.05, 0) is 37.2 Å². The molecule has 0 heterocycles. The summed E-state index contributed by atoms with van der Waals surface area (Å²) in [6.45, 7) is 2.31. The van der Waals surface area contributed by atoms with E-state index in [0.29, 0.717) is 0 Å². The fraction of sp³-hybridized carbons (Fsp3) is 0.636. The van der Waals surface area contributed by atoms with Gasteiger partial charge in [-0.2, -0.15) is 0 Å². The molecule has 0 fully saturated rings. The lowest BCUT2D eigenvalue weighted by Gasteiger charge is -2.22. The predicted octanol–water partition coefficient (Wildman–Crippen LogP) is 3.45. The van der Waals surface area contributed by atoms with Crippen LogP contribution < -0.4 is 0 Å². The summed E-state index contributed by atoms with van der Waals surface area (Å²) < 4.78 is 0. The Kier molecular flexibility index (Phi) is 1.85. The first-order valence-electron chi connectivity index (χ1n) is 4.77. The van der Waals surface area contributed by atoms with Crippen LogP contribution in [0.3, 0.4) is 0 Å². The zero-order chi connectivity index (χ0) is 7.68. The van der Waals surface area contributed by atoms with Crippen molar-refractivity contribution in [1.29, 1.82) is 0 Å². The summed E-state index contributed by atoms with van der Waals surface area (Å²) in [5.74, 6) is 0.983. The monoisotopic (exact) mass is 148 g/mol. The van der Waals surface area contributed by atoms with Gasteiger partial charge in [-0.3, -0.25) is 0 Å². The highest BCUT2D eigenvalue weighted by Crippen LogP contribution is 2.36. The van der Waals surface area contributed by atoms with Crippen LogP contribution in [-0.4, -0.2) is 0 Å². The van der Waals surface area contributed by atoms with E-state index in [1.54, 1.807) is 11.1 Å². The normalized spacial score (nSPS) is 29.4. The Bertz CT molecular complexity index is 208. The lowest BCUT2D eigenvalue weighted by Crippen LogP contribution is -2.06. The van der Waals surface area contributed by atoms with E-state index in [2.05, 4.69) is 19.1 Å². The Morgan fingerprint density at radius 1 is 1.55 bits per heavy atom. The van der Waals surface area contributed by atoms with E-state index in [1.165, 1.54) is 32.1 Å². The number of hydrogen-bond donors (Lipinski definition) is 0. The third-order valence-electron chi connectivity index (χ3n) is 3.08. The van der Waals surface area contributed by atoms with Gasteiger partial charge in [0.1, 0.15) is 0 Å². The highest BCUT2D eigenvalue weighted by molar-refractivity contribution is 5.35. The second-order valence-electron chi connectivity index (χ2n) is 3.75. The fourth-order valence-electron chi connectivity index (χ4n) is 2.21. The molecule has 1 unspecified atom stereocenters. The van der Waals surface area contributed by atoms with E-state index in [1.807, 2.05) is 0 Å². The van der Waals surface area contributed by atoms with Crippen molar-refractivity contribution in [3.63, 3.8) is 0 Å². The Labute approximate surface area is 69.0 Å². The van der Waals surface area contributed by atoms with Gasteiger partial charge in [0.05, 0.1) is 0 Å². The summed E-state index contributed by atoms with van der Waals surface area (Å²) in [5.41, 5.74) is 3.40. The van der Waals surface area contributed by atoms with Crippen molar-refractivity contribution < 1.29 is 0 Å². The largest absolute Gasteiger partial charge is 0.0802 e. The number of allylic oxidation sites excluding steroid dienone is 4. The summed E-state index contributed by atoms with van der Waals surface area (Å²) in [4.78, 5) is 0. The number of hydrogen-bond acceptors (Lipinski definition) is 0. The van der Waals surface area contributed by atoms with Crippen LogP contribution in [0.5, 0.6) is 0 Å². The molecule has 0 spiro atoms. The van der Waals surface area contributed by atoms with E-state index in [4.69, 9.17) is 0 Å². The highest BCUT2D eigenvalue weighted by atomic mass is 14.2. The molecule has 11 heavy (non-hydrogen) atoms. The molecule has 0 N–H and O–H groups in total. The Hall–Kier alpha value is -0.520. The summed E-state index contributed by atoms with van der Waals surface area (Å²) >= 11 is 0. The van der Waals surface area contributed by atoms with E-state index in [-0.39, 0.29) is 0 Å². The molecule has 0 amide bonds. The van der Waals surface area contributed by atoms with Gasteiger partial charge in [0.15, 0.2) is 0 Å². The molecule has 0 bridgehead atoms. The Morgan fingerprint density at radius 3 is 3.27 bits per heavy atom. The molecule has 0 heteroatoms. The topological polar surface area (TPSA) is 0 Å². The van der Waals surface area contributed by atoms with E-state index < -0.39 is 0 Å². The maximum Gasteiger partial charge on any atom is -0.0130 e. The minimum atomic E-state index is 0.983. The SMILES string of the molecule is CCC1CCC2=C(C=CC2)C1. The van der Waals surface area contributed by atoms with Crippen molar-refractivity contribution in [2.24, 2.45) is 5.92 Å². The first-order valence-corrected chi connectivity index (χ1v) is 4.77. The first-order chi connectivity index (χ1) is 5.40. The minimum absolute atomic E-state index is 0.983. The molecule has 0 aromatic rings. The second-order valence-corrected chi connectivity index (χ2v) is 3.75. The predicted molar refractivity (Wildman–Crippen MR) is 48.4 cm³/mol. The molecule has 2 aliphatic carbocycles. The van der Waals surface area contributed by atoms with Gasteiger partial charge in [0, 0.05) is 0 Å². The third kappa shape index (κ3) is 1.26. The average molecular weight is 148 g/mol. The molecule has 0 nitrogen and oxygen atoms in total. The number of rotatable bonds is 1. The van der Waals surface area contributed by atoms with Crippen molar-refractivity contribution in [3.8, 4) is 0 Å². The second kappa shape index (κ2) is 2.84. The van der Waals surface area contributed by atoms with Crippen LogP contribution in [0.4, 0.5) is 0 Å². The molecule has 0 saturated heterocycles. The van der Waals surface area contributed by atoms with Crippen molar-refractivity contribution in [2.45, 2.75) is 39.0 Å². The molecule has 2 rings (SSSR count). The lowest BCUT2D eigenvalue weighted by atomic mass is 9.84. The smallest absolute Gasteiger partial charge is 0.0130 e. The maximum atomic E-state index is 2.34. The van der Waals surface area contributed by atoms with Gasteiger partial charge in [0.25, 0.3) is 0 Å². The van der Waals surface area contributed by atoms with Gasteiger partial charge in [-0.25, -0.2) is 0 Å². The van der Waals surface area contributed by atoms with Crippen LogP contribution in [0.15, 0.2) is 23.3 Å². The molecule has 0 aromatic carbocycles. The average Bonchev–Trinajstić information content (AvgIpc) is 2.50. The quantitative estimate of drug-likeness (QED) is 0.534. The zero-order valence-corrected chi connectivity index (χ0v) is 7.27. The van der Waals surface area contributed by atoms with E-state index in [0.717, 1.165) is 5.92 Å². The highest BCUT2D eigenvalue weighted by Gasteiger charge is 2.19.